The summed E-state index contributed by atoms with van der Waals surface area (Å²) >= 11 is 0. The Hall–Kier alpha value is -7.30. The van der Waals surface area contributed by atoms with Crippen LogP contribution in [-0.2, 0) is 12.5 Å². The van der Waals surface area contributed by atoms with Gasteiger partial charge in [0.25, 0.3) is 5.56 Å². The van der Waals surface area contributed by atoms with Gasteiger partial charge in [0.05, 0.1) is 22.0 Å². The number of aldehydes is 1. The van der Waals surface area contributed by atoms with E-state index in [0.29, 0.717) is 5.56 Å². The molecule has 11 aromatic rings. The van der Waals surface area contributed by atoms with Crippen LogP contribution in [0.5, 0.6) is 0 Å². The van der Waals surface area contributed by atoms with Crippen LogP contribution in [0.25, 0.3) is 93.2 Å². The number of fused-ring (bicyclic) bond motifs is 18. The maximum absolute atomic E-state index is 14.6. The Labute approximate surface area is 320 Å². The van der Waals surface area contributed by atoms with E-state index in [2.05, 4.69) is 127 Å². The molecule has 0 bridgehead atoms. The number of para-hydroxylation sites is 2. The summed E-state index contributed by atoms with van der Waals surface area (Å²) in [5.74, 6) is 0. The minimum atomic E-state index is -0.612. The molecule has 0 amide bonds. The quantitative estimate of drug-likeness (QED) is 0.132. The first kappa shape index (κ1) is 30.1. The molecule has 0 N–H and O–H groups in total. The highest BCUT2D eigenvalue weighted by Gasteiger charge is 2.52. The maximum Gasteiger partial charge on any atom is 0.263 e. The van der Waals surface area contributed by atoms with Gasteiger partial charge in [0, 0.05) is 56.0 Å². The van der Waals surface area contributed by atoms with E-state index in [4.69, 9.17) is 0 Å². The van der Waals surface area contributed by atoms with Crippen LogP contribution in [0.1, 0.15) is 32.6 Å². The van der Waals surface area contributed by atoms with Crippen molar-refractivity contribution < 1.29 is 4.79 Å². The molecule has 0 saturated heterocycles. The molecular weight excluding hydrogens is 685 g/mol. The second-order valence-electron chi connectivity index (χ2n) is 15.5. The van der Waals surface area contributed by atoms with E-state index < -0.39 is 5.41 Å². The molecule has 3 heterocycles. The number of nitrogens with zero attached hydrogens (tertiary/aromatic N) is 2. The predicted octanol–water partition coefficient (Wildman–Crippen LogP) is 11.7. The van der Waals surface area contributed by atoms with Crippen LogP contribution in [0.15, 0.2) is 163 Å². The summed E-state index contributed by atoms with van der Waals surface area (Å²) in [6.07, 6.45) is 0.953. The van der Waals surface area contributed by atoms with E-state index in [1.807, 2.05) is 46.9 Å². The predicted molar refractivity (Wildman–Crippen MR) is 228 cm³/mol. The van der Waals surface area contributed by atoms with Crippen LogP contribution in [0.2, 0.25) is 0 Å². The third kappa shape index (κ3) is 3.35. The highest BCUT2D eigenvalue weighted by molar-refractivity contribution is 6.22. The number of aromatic nitrogens is 2. The van der Waals surface area contributed by atoms with Crippen LogP contribution < -0.4 is 5.56 Å². The number of hydrogen-bond acceptors (Lipinski definition) is 2. The van der Waals surface area contributed by atoms with Crippen molar-refractivity contribution in [2.24, 2.45) is 7.05 Å². The van der Waals surface area contributed by atoms with E-state index in [1.165, 1.54) is 49.9 Å². The molecule has 0 atom stereocenters. The Morgan fingerprint density at radius 2 is 0.929 bits per heavy atom. The molecule has 2 aliphatic rings. The van der Waals surface area contributed by atoms with Crippen molar-refractivity contribution in [2.75, 3.05) is 0 Å². The molecule has 1 spiro atoms. The van der Waals surface area contributed by atoms with Gasteiger partial charge in [-0.1, -0.05) is 127 Å². The third-order valence-electron chi connectivity index (χ3n) is 13.2. The first-order valence-corrected chi connectivity index (χ1v) is 19.2. The Balaban J connectivity index is 1.22. The molecule has 4 nitrogen and oxygen atoms in total. The van der Waals surface area contributed by atoms with Gasteiger partial charge in [0.2, 0.25) is 0 Å². The molecule has 260 valence electrons. The molecule has 4 heteroatoms. The number of hydrogen-bond donors (Lipinski definition) is 0. The van der Waals surface area contributed by atoms with Crippen molar-refractivity contribution in [1.82, 2.24) is 8.97 Å². The molecule has 0 aliphatic heterocycles. The lowest BCUT2D eigenvalue weighted by molar-refractivity contribution is 0.112. The molecule has 56 heavy (non-hydrogen) atoms. The summed E-state index contributed by atoms with van der Waals surface area (Å²) in [7, 11) is 2.15. The van der Waals surface area contributed by atoms with Crippen molar-refractivity contribution in [1.29, 1.82) is 0 Å². The summed E-state index contributed by atoms with van der Waals surface area (Å²) in [6.45, 7) is 0. The van der Waals surface area contributed by atoms with Crippen LogP contribution in [0.4, 0.5) is 0 Å². The van der Waals surface area contributed by atoms with E-state index in [9.17, 15) is 9.59 Å². The van der Waals surface area contributed by atoms with Crippen molar-refractivity contribution in [3.63, 3.8) is 0 Å². The van der Waals surface area contributed by atoms with Gasteiger partial charge in [-0.25, -0.2) is 0 Å². The lowest BCUT2D eigenvalue weighted by Crippen LogP contribution is -2.26. The van der Waals surface area contributed by atoms with E-state index >= 15 is 0 Å². The Morgan fingerprint density at radius 3 is 1.62 bits per heavy atom. The molecular formula is C52H30N2O2. The Bertz CT molecular complexity index is 3610. The van der Waals surface area contributed by atoms with Gasteiger partial charge >= 0.3 is 0 Å². The van der Waals surface area contributed by atoms with Gasteiger partial charge in [0.1, 0.15) is 0 Å². The maximum atomic E-state index is 14.6. The summed E-state index contributed by atoms with van der Waals surface area (Å²) in [6, 6.07) is 56.0. The minimum Gasteiger partial charge on any atom is -0.343 e. The largest absolute Gasteiger partial charge is 0.343 e. The average Bonchev–Trinajstić information content (AvgIpc) is 3.93. The van der Waals surface area contributed by atoms with Crippen molar-refractivity contribution >= 4 is 66.1 Å². The zero-order valence-electron chi connectivity index (χ0n) is 30.3. The molecule has 0 saturated carbocycles. The fraction of sp³-hybridized carbons (Fsp3) is 0.0385. The fourth-order valence-electron chi connectivity index (χ4n) is 11.0. The lowest BCUT2D eigenvalue weighted by atomic mass is 9.70. The highest BCUT2D eigenvalue weighted by atomic mass is 16.1. The van der Waals surface area contributed by atoms with Gasteiger partial charge in [-0.05, 0) is 85.8 Å². The molecule has 2 aliphatic carbocycles. The summed E-state index contributed by atoms with van der Waals surface area (Å²) in [5, 5.41) is 7.29. The third-order valence-corrected chi connectivity index (χ3v) is 13.2. The summed E-state index contributed by atoms with van der Waals surface area (Å²) in [4.78, 5) is 26.9. The van der Waals surface area contributed by atoms with Crippen LogP contribution >= 0.6 is 0 Å². The lowest BCUT2D eigenvalue weighted by Gasteiger charge is -2.30. The number of pyridine rings is 1. The SMILES string of the molecule is Cn1c2cc3c(cc2c2cccc(-c4ccccc4C=O)c21)-c1cc2c4cccc5c6ccccc6c(=O)n(c2cc1C31c2ccccc2-c2ccccc21)c54. The minimum absolute atomic E-state index is 0.0141. The van der Waals surface area contributed by atoms with E-state index in [1.54, 1.807) is 0 Å². The molecule has 0 fully saturated rings. The standard InChI is InChI=1S/C52H30N2O2/c1-53-47-26-45-39(24-41(47)36-20-10-18-34(49(36)53)30-13-3-2-12-29(30)28-55)40-25-42-37-21-11-19-35-31-14-4-5-17-38(31)51(56)54(50(35)37)48(42)27-46(40)52(45)43-22-8-6-15-32(43)33-16-7-9-23-44(33)52/h2-28H,1H3. The monoisotopic (exact) mass is 714 g/mol. The van der Waals surface area contributed by atoms with Crippen molar-refractivity contribution in [3.8, 4) is 33.4 Å². The first-order valence-electron chi connectivity index (χ1n) is 19.2. The normalized spacial score (nSPS) is 13.7. The first-order chi connectivity index (χ1) is 27.6. The second kappa shape index (κ2) is 10.3. The Morgan fingerprint density at radius 1 is 0.429 bits per heavy atom. The zero-order chi connectivity index (χ0) is 37.0. The van der Waals surface area contributed by atoms with Crippen molar-refractivity contribution in [2.45, 2.75) is 5.41 Å². The topological polar surface area (TPSA) is 43.5 Å². The number of rotatable bonds is 2. The smallest absolute Gasteiger partial charge is 0.263 e. The van der Waals surface area contributed by atoms with Crippen LogP contribution in [-0.4, -0.2) is 15.3 Å². The number of aryl methyl sites for hydroxylation is 1. The number of carbonyl (C=O) groups excluding carboxylic acids is 1. The molecule has 8 aromatic carbocycles. The van der Waals surface area contributed by atoms with E-state index in [-0.39, 0.29) is 5.56 Å². The molecule has 3 aromatic heterocycles. The van der Waals surface area contributed by atoms with Gasteiger partial charge in [-0.15, -0.1) is 0 Å². The molecule has 0 unspecified atom stereocenters. The second-order valence-corrected chi connectivity index (χ2v) is 15.5. The Kier molecular flexibility index (Phi) is 5.51. The van der Waals surface area contributed by atoms with Gasteiger partial charge in [-0.2, -0.15) is 0 Å². The zero-order valence-corrected chi connectivity index (χ0v) is 30.3. The van der Waals surface area contributed by atoms with Crippen LogP contribution in [0.3, 0.4) is 0 Å². The molecule has 13 rings (SSSR count). The summed E-state index contributed by atoms with van der Waals surface area (Å²) in [5.41, 5.74) is 16.0. The summed E-state index contributed by atoms with van der Waals surface area (Å²) < 4.78 is 4.29. The number of benzene rings is 8. The van der Waals surface area contributed by atoms with Gasteiger partial charge in [-0.3, -0.25) is 14.0 Å². The highest BCUT2D eigenvalue weighted by Crippen LogP contribution is 2.64. The fourth-order valence-corrected chi connectivity index (χ4v) is 11.0. The van der Waals surface area contributed by atoms with Gasteiger partial charge < -0.3 is 4.57 Å². The van der Waals surface area contributed by atoms with E-state index in [0.717, 1.165) is 71.8 Å². The average molecular weight is 715 g/mol. The number of carbonyl (C=O) groups is 1. The van der Waals surface area contributed by atoms with Crippen LogP contribution in [0, 0.1) is 0 Å². The molecule has 0 radical (unpaired) electrons. The van der Waals surface area contributed by atoms with Gasteiger partial charge in [0.15, 0.2) is 6.29 Å². The van der Waals surface area contributed by atoms with Crippen molar-refractivity contribution in [3.05, 3.63) is 196 Å².